The van der Waals surface area contributed by atoms with E-state index in [1.54, 1.807) is 23.4 Å². The zero-order valence-corrected chi connectivity index (χ0v) is 53.4. The molecule has 0 saturated carbocycles. The lowest BCUT2D eigenvalue weighted by atomic mass is 9.78. The van der Waals surface area contributed by atoms with Crippen molar-refractivity contribution >= 4 is 91.2 Å². The van der Waals surface area contributed by atoms with E-state index in [2.05, 4.69) is 32.3 Å². The van der Waals surface area contributed by atoms with Crippen LogP contribution in [0.1, 0.15) is 64.5 Å². The molecule has 0 spiro atoms. The Morgan fingerprint density at radius 3 is 2.11 bits per heavy atom. The van der Waals surface area contributed by atoms with Crippen LogP contribution in [0, 0.1) is 16.7 Å². The van der Waals surface area contributed by atoms with Gasteiger partial charge in [-0.2, -0.15) is 5.26 Å². The molecular weight excluding hydrogens is 1230 g/mol. The first kappa shape index (κ1) is 71.8. The Labute approximate surface area is 534 Å². The predicted octanol–water partition coefficient (Wildman–Crippen LogP) is 4.76. The Balaban J connectivity index is 0.896. The molecule has 2 aliphatic rings. The zero-order valence-electron chi connectivity index (χ0n) is 50.2. The van der Waals surface area contributed by atoms with Crippen LogP contribution >= 0.6 is 45.6 Å². The number of nitriles is 1. The number of hydrogen-bond donors (Lipinski definition) is 6. The van der Waals surface area contributed by atoms with Gasteiger partial charge in [0.1, 0.15) is 49.9 Å². The van der Waals surface area contributed by atoms with Gasteiger partial charge in [-0.15, -0.1) is 5.10 Å². The van der Waals surface area contributed by atoms with Gasteiger partial charge in [-0.25, -0.2) is 9.48 Å². The number of aromatic nitrogens is 3. The number of nitrogens with one attached hydrogen (secondary N) is 3. The third-order valence-corrected chi connectivity index (χ3v) is 18.0. The third-order valence-electron chi connectivity index (χ3n) is 13.9. The Morgan fingerprint density at radius 2 is 1.43 bits per heavy atom. The number of fused-ring (bicyclic) bond motifs is 5. The molecule has 6 rings (SSSR count). The van der Waals surface area contributed by atoms with Crippen molar-refractivity contribution < 1.29 is 82.0 Å². The van der Waals surface area contributed by atoms with E-state index in [1.807, 2.05) is 78.9 Å². The lowest BCUT2D eigenvalue weighted by molar-refractivity contribution is -0.269. The fourth-order valence-corrected chi connectivity index (χ4v) is 13.1. The van der Waals surface area contributed by atoms with Gasteiger partial charge >= 0.3 is 18.0 Å². The molecule has 0 radical (unpaired) electrons. The number of hydrogen-bond acceptors (Lipinski definition) is 24. The summed E-state index contributed by atoms with van der Waals surface area (Å²) >= 11 is 6.87. The Kier molecular flexibility index (Phi) is 30.0. The number of aliphatic hydroxyl groups excluding tert-OH is 3. The Morgan fingerprint density at radius 1 is 0.775 bits per heavy atom. The van der Waals surface area contributed by atoms with Gasteiger partial charge in [0, 0.05) is 62.4 Å². The maximum absolute atomic E-state index is 14.1. The molecule has 484 valence electrons. The maximum atomic E-state index is 14.1. The van der Waals surface area contributed by atoms with Crippen LogP contribution in [0.15, 0.2) is 78.9 Å². The maximum Gasteiger partial charge on any atom is 0.407 e. The molecule has 3 heterocycles. The van der Waals surface area contributed by atoms with Crippen molar-refractivity contribution in [3.63, 3.8) is 0 Å². The molecule has 7 atom stereocenters. The second-order valence-corrected chi connectivity index (χ2v) is 25.8. The number of esters is 2. The van der Waals surface area contributed by atoms with Crippen LogP contribution in [0.4, 0.5) is 10.5 Å². The molecule has 6 N–H and O–H groups in total. The topological polar surface area (TPSA) is 331 Å². The second kappa shape index (κ2) is 37.2. The summed E-state index contributed by atoms with van der Waals surface area (Å²) in [6.45, 7) is 7.55. The number of benzene rings is 3. The molecular formula is C60H78N8O17S4. The van der Waals surface area contributed by atoms with Crippen molar-refractivity contribution in [1.82, 2.24) is 30.9 Å². The fraction of sp³-hybridized carbons (Fsp3) is 0.533. The number of para-hydroxylation sites is 1. The molecule has 89 heavy (non-hydrogen) atoms. The van der Waals surface area contributed by atoms with Crippen molar-refractivity contribution in [3.05, 3.63) is 90.0 Å². The standard InChI is InChI=1S/C60H78N8O17S4/c1-40(70)64-51-54(75)53(74)47(37-69)85-55(51)83-24-22-62-57(76)60(4,89-56(86)42-12-6-5-7-13-42)38-59(3,39-61)20-18-49(73)82-31-30-80-29-28-79-27-26-78-25-23-68-52-45-16-10-11-17-46(45)67(36-43-14-8-9-15-44(43)50(52)65-66-68)48(72)19-21-63-58(77)84-33-35-88-87-34-32-81-41(2)71/h5-17,47,51,53-55,69,74-75H,18-38H2,1-4H3,(H,62,76)(H,63,77)(H,64,70). The Hall–Kier alpha value is -6.27. The zero-order chi connectivity index (χ0) is 64.2. The van der Waals surface area contributed by atoms with E-state index >= 15 is 0 Å². The van der Waals surface area contributed by atoms with Crippen LogP contribution in [0.2, 0.25) is 0 Å². The molecule has 1 fully saturated rings. The summed E-state index contributed by atoms with van der Waals surface area (Å²) in [6, 6.07) is 25.5. The summed E-state index contributed by atoms with van der Waals surface area (Å²) in [6.07, 6.45) is -6.15. The molecule has 29 heteroatoms. The number of carbonyl (C=O) groups excluding carboxylic acids is 6. The van der Waals surface area contributed by atoms with E-state index in [9.17, 15) is 49.3 Å². The van der Waals surface area contributed by atoms with E-state index in [-0.39, 0.29) is 117 Å². The minimum Gasteiger partial charge on any atom is -0.465 e. The van der Waals surface area contributed by atoms with Gasteiger partial charge in [0.2, 0.25) is 17.7 Å². The van der Waals surface area contributed by atoms with Gasteiger partial charge in [0.15, 0.2) is 6.29 Å². The molecule has 1 saturated heterocycles. The van der Waals surface area contributed by atoms with E-state index in [0.29, 0.717) is 45.8 Å². The molecule has 7 unspecified atom stereocenters. The number of thioether (sulfide) groups is 1. The molecule has 2 aliphatic heterocycles. The summed E-state index contributed by atoms with van der Waals surface area (Å²) in [5, 5.41) is 58.3. The van der Waals surface area contributed by atoms with Crippen LogP contribution in [-0.2, 0) is 75.0 Å². The van der Waals surface area contributed by atoms with E-state index in [0.717, 1.165) is 34.1 Å². The van der Waals surface area contributed by atoms with Crippen molar-refractivity contribution in [2.45, 2.75) is 102 Å². The molecule has 3 aromatic carbocycles. The third kappa shape index (κ3) is 22.6. The predicted molar refractivity (Wildman–Crippen MR) is 337 cm³/mol. The quantitative estimate of drug-likeness (QED) is 0.0118. The molecule has 0 aliphatic carbocycles. The highest BCUT2D eigenvalue weighted by Gasteiger charge is 2.46. The average molecular weight is 1310 g/mol. The Bertz CT molecular complexity index is 3020. The largest absolute Gasteiger partial charge is 0.465 e. The first-order chi connectivity index (χ1) is 42.9. The van der Waals surface area contributed by atoms with Crippen molar-refractivity contribution in [3.8, 4) is 28.6 Å². The number of amides is 4. The van der Waals surface area contributed by atoms with Crippen LogP contribution in [0.5, 0.6) is 0 Å². The molecule has 4 amide bonds. The van der Waals surface area contributed by atoms with Gasteiger partial charge in [-0.05, 0) is 43.9 Å². The molecule has 4 aromatic rings. The first-order valence-electron chi connectivity index (χ1n) is 28.9. The number of rotatable bonds is 36. The van der Waals surface area contributed by atoms with Crippen LogP contribution in [0.3, 0.4) is 0 Å². The normalized spacial score (nSPS) is 18.2. The monoisotopic (exact) mass is 1310 g/mol. The smallest absolute Gasteiger partial charge is 0.407 e. The summed E-state index contributed by atoms with van der Waals surface area (Å²) in [5.74, 6) is -0.921. The SMILES string of the molecule is CC(=O)NC1C(OCCNC(=O)C(C)(CC(C)(C#N)CCC(=O)OCCOCCOCCOCCn2nnc3c2-c2ccccc2N(C(=O)CCNC(=O)OCCSSCCOC(C)=O)Cc2ccccc2-3)SC(=S)c2ccccc2)OC(CO)C(O)C1O. The van der Waals surface area contributed by atoms with E-state index in [4.69, 9.17) is 50.1 Å². The lowest BCUT2D eigenvalue weighted by Gasteiger charge is -2.42. The minimum absolute atomic E-state index is 0.0177. The van der Waals surface area contributed by atoms with Gasteiger partial charge in [0.05, 0.1) is 97.8 Å². The lowest BCUT2D eigenvalue weighted by Crippen LogP contribution is -2.64. The van der Waals surface area contributed by atoms with Crippen LogP contribution < -0.4 is 20.9 Å². The van der Waals surface area contributed by atoms with Crippen LogP contribution in [-0.4, -0.2) is 203 Å². The highest BCUT2D eigenvalue weighted by atomic mass is 33.1. The van der Waals surface area contributed by atoms with Gasteiger partial charge in [-0.1, -0.05) is 124 Å². The second-order valence-electron chi connectivity index (χ2n) is 20.9. The van der Waals surface area contributed by atoms with Crippen molar-refractivity contribution in [1.29, 1.82) is 5.26 Å². The number of anilines is 1. The average Bonchev–Trinajstić information content (AvgIpc) is 1.75. The number of thiocarbonyl (C=S) groups is 1. The number of ether oxygens (including phenoxy) is 8. The molecule has 0 bridgehead atoms. The summed E-state index contributed by atoms with van der Waals surface area (Å²) in [7, 11) is 3.01. The highest BCUT2D eigenvalue weighted by Crippen LogP contribution is 2.43. The van der Waals surface area contributed by atoms with Crippen LogP contribution in [0.25, 0.3) is 22.5 Å². The summed E-state index contributed by atoms with van der Waals surface area (Å²) < 4.78 is 45.1. The highest BCUT2D eigenvalue weighted by molar-refractivity contribution is 8.76. The van der Waals surface area contributed by atoms with E-state index in [1.165, 1.54) is 35.4 Å². The van der Waals surface area contributed by atoms with E-state index < -0.39 is 71.3 Å². The van der Waals surface area contributed by atoms with Crippen molar-refractivity contribution in [2.75, 3.05) is 102 Å². The first-order valence-corrected chi connectivity index (χ1v) is 32.7. The van der Waals surface area contributed by atoms with Gasteiger partial charge in [0.25, 0.3) is 0 Å². The fourth-order valence-electron chi connectivity index (χ4n) is 9.58. The number of alkyl carbamates (subject to hydrolysis) is 1. The number of aliphatic hydroxyl groups is 3. The summed E-state index contributed by atoms with van der Waals surface area (Å²) in [5.41, 5.74) is 4.01. The van der Waals surface area contributed by atoms with Crippen molar-refractivity contribution in [2.24, 2.45) is 5.41 Å². The number of carbonyl (C=O) groups is 6. The van der Waals surface area contributed by atoms with Gasteiger partial charge in [-0.3, -0.25) is 24.0 Å². The number of nitrogens with zero attached hydrogens (tertiary/aromatic N) is 5. The molecule has 25 nitrogen and oxygen atoms in total. The van der Waals surface area contributed by atoms with Gasteiger partial charge < -0.3 is 74.1 Å². The summed E-state index contributed by atoms with van der Waals surface area (Å²) in [4.78, 5) is 78.0. The molecule has 1 aromatic heterocycles. The minimum atomic E-state index is -1.51.